The number of amides is 1. The van der Waals surface area contributed by atoms with Crippen LogP contribution in [-0.4, -0.2) is 21.4 Å². The minimum Gasteiger partial charge on any atom is -0.503 e. The van der Waals surface area contributed by atoms with E-state index in [1.54, 1.807) is 12.1 Å². The normalized spacial score (nSPS) is 15.9. The fourth-order valence-corrected chi connectivity index (χ4v) is 5.52. The highest BCUT2D eigenvalue weighted by Crippen LogP contribution is 2.44. The Morgan fingerprint density at radius 1 is 1.05 bits per heavy atom. The zero-order valence-electron chi connectivity index (χ0n) is 20.2. The average Bonchev–Trinajstić information content (AvgIpc) is 3.56. The Morgan fingerprint density at radius 3 is 2.57 bits per heavy atom. The van der Waals surface area contributed by atoms with Gasteiger partial charge in [-0.05, 0) is 54.4 Å². The second-order valence-corrected chi connectivity index (χ2v) is 10.1. The van der Waals surface area contributed by atoms with Crippen LogP contribution in [0.2, 0.25) is 0 Å². The predicted octanol–water partition coefficient (Wildman–Crippen LogP) is 7.03. The van der Waals surface area contributed by atoms with Crippen LogP contribution in [0.1, 0.15) is 34.6 Å². The molecule has 0 radical (unpaired) electrons. The van der Waals surface area contributed by atoms with Crippen molar-refractivity contribution >= 4 is 55.2 Å². The van der Waals surface area contributed by atoms with Gasteiger partial charge in [-0.1, -0.05) is 53.2 Å². The van der Waals surface area contributed by atoms with Crippen LogP contribution in [-0.2, 0) is 18.3 Å². The summed E-state index contributed by atoms with van der Waals surface area (Å²) < 4.78 is 8.70. The fraction of sp³-hybridized carbons (Fsp3) is 0.133. The number of nitrogens with zero attached hydrogens (tertiary/aromatic N) is 2. The van der Waals surface area contributed by atoms with Gasteiger partial charge in [0.15, 0.2) is 11.5 Å². The summed E-state index contributed by atoms with van der Waals surface area (Å²) in [5, 5.41) is 12.8. The van der Waals surface area contributed by atoms with E-state index in [9.17, 15) is 14.7 Å². The monoisotopic (exact) mass is 554 g/mol. The lowest BCUT2D eigenvalue weighted by Crippen LogP contribution is -2.31. The molecule has 1 atom stereocenters. The number of fused-ring (bicyclic) bond motifs is 2. The Hall–Kier alpha value is -4.10. The minimum absolute atomic E-state index is 0.000886. The largest absolute Gasteiger partial charge is 0.503 e. The molecule has 37 heavy (non-hydrogen) atoms. The molecule has 1 amide bonds. The summed E-state index contributed by atoms with van der Waals surface area (Å²) >= 11 is 3.44. The van der Waals surface area contributed by atoms with E-state index in [0.717, 1.165) is 38.3 Å². The van der Waals surface area contributed by atoms with E-state index in [4.69, 9.17) is 4.42 Å². The van der Waals surface area contributed by atoms with Crippen LogP contribution in [0.25, 0.3) is 21.9 Å². The minimum atomic E-state index is -0.835. The van der Waals surface area contributed by atoms with Crippen molar-refractivity contribution < 1.29 is 19.1 Å². The van der Waals surface area contributed by atoms with E-state index < -0.39 is 23.5 Å². The Balaban J connectivity index is 1.55. The zero-order chi connectivity index (χ0) is 25.8. The topological polar surface area (TPSA) is 75.7 Å². The van der Waals surface area contributed by atoms with Gasteiger partial charge in [-0.3, -0.25) is 14.5 Å². The molecule has 1 N–H and O–H groups in total. The highest BCUT2D eigenvalue weighted by atomic mass is 79.9. The molecular formula is C30H23BrN2O4. The second-order valence-electron chi connectivity index (χ2n) is 9.19. The first kappa shape index (κ1) is 23.3. The molecule has 0 fully saturated rings. The van der Waals surface area contributed by atoms with Gasteiger partial charge in [0.2, 0.25) is 5.78 Å². The lowest BCUT2D eigenvalue weighted by molar-refractivity contribution is -0.117. The van der Waals surface area contributed by atoms with Gasteiger partial charge in [0.1, 0.15) is 5.58 Å². The third-order valence-electron chi connectivity index (χ3n) is 7.00. The van der Waals surface area contributed by atoms with Crippen LogP contribution in [0.3, 0.4) is 0 Å². The van der Waals surface area contributed by atoms with Gasteiger partial charge in [-0.25, -0.2) is 0 Å². The molecule has 1 aliphatic heterocycles. The number of Topliss-reactive ketones (excluding diaryl/α,β-unsaturated/α-hetero) is 1. The third kappa shape index (κ3) is 3.69. The molecule has 0 aliphatic carbocycles. The summed E-state index contributed by atoms with van der Waals surface area (Å²) in [4.78, 5) is 29.0. The molecule has 5 aromatic rings. The van der Waals surface area contributed by atoms with E-state index in [1.165, 1.54) is 4.90 Å². The number of halogens is 1. The van der Waals surface area contributed by atoms with E-state index in [0.29, 0.717) is 11.3 Å². The maximum absolute atomic E-state index is 14.0. The van der Waals surface area contributed by atoms with Crippen molar-refractivity contribution in [2.75, 3.05) is 4.90 Å². The molecule has 6 nitrogen and oxygen atoms in total. The lowest BCUT2D eigenvalue weighted by Gasteiger charge is -2.26. The summed E-state index contributed by atoms with van der Waals surface area (Å²) in [6.07, 6.45) is 2.77. The number of ketones is 1. The summed E-state index contributed by atoms with van der Waals surface area (Å²) in [7, 11) is 1.92. The second kappa shape index (κ2) is 8.78. The molecule has 7 heteroatoms. The number of rotatable bonds is 5. The molecule has 1 unspecified atom stereocenters. The molecule has 0 saturated heterocycles. The Kier molecular flexibility index (Phi) is 5.53. The first-order chi connectivity index (χ1) is 17.9. The van der Waals surface area contributed by atoms with Crippen LogP contribution in [0.4, 0.5) is 5.69 Å². The molecule has 2 aromatic heterocycles. The van der Waals surface area contributed by atoms with Crippen molar-refractivity contribution in [3.8, 4) is 0 Å². The van der Waals surface area contributed by atoms with Crippen LogP contribution < -0.4 is 4.90 Å². The van der Waals surface area contributed by atoms with Crippen LogP contribution in [0, 0.1) is 0 Å². The first-order valence-corrected chi connectivity index (χ1v) is 12.8. The molecule has 3 aromatic carbocycles. The number of hydrogen-bond donors (Lipinski definition) is 1. The van der Waals surface area contributed by atoms with E-state index in [-0.39, 0.29) is 11.3 Å². The SMILES string of the molecule is CCc1ccc(N2C(=O)C(O)=C(C(=O)c3cc4cc(Br)ccc4o3)C2c2cn(C)c3ccccc23)cc1. The Morgan fingerprint density at radius 2 is 1.81 bits per heavy atom. The lowest BCUT2D eigenvalue weighted by atomic mass is 9.94. The standard InChI is InChI=1S/C30H23BrN2O4/c1-3-17-8-11-20(12-9-17)33-27(22-16-32(2)23-7-5-4-6-21(22)23)26(29(35)30(33)36)28(34)25-15-18-14-19(31)10-13-24(18)37-25/h4-16,27,35H,3H2,1-2H3. The summed E-state index contributed by atoms with van der Waals surface area (Å²) in [6.45, 7) is 2.06. The maximum Gasteiger partial charge on any atom is 0.294 e. The maximum atomic E-state index is 14.0. The van der Waals surface area contributed by atoms with Gasteiger partial charge in [0.25, 0.3) is 5.91 Å². The van der Waals surface area contributed by atoms with Crippen LogP contribution >= 0.6 is 15.9 Å². The molecule has 0 spiro atoms. The smallest absolute Gasteiger partial charge is 0.294 e. The van der Waals surface area contributed by atoms with E-state index >= 15 is 0 Å². The highest BCUT2D eigenvalue weighted by molar-refractivity contribution is 9.10. The van der Waals surface area contributed by atoms with Crippen molar-refractivity contribution in [1.82, 2.24) is 4.57 Å². The number of aryl methyl sites for hydroxylation is 2. The zero-order valence-corrected chi connectivity index (χ0v) is 21.8. The number of carbonyl (C=O) groups is 2. The molecule has 0 saturated carbocycles. The first-order valence-electron chi connectivity index (χ1n) is 12.0. The van der Waals surface area contributed by atoms with Gasteiger partial charge in [0, 0.05) is 45.3 Å². The van der Waals surface area contributed by atoms with Crippen LogP contribution in [0.5, 0.6) is 0 Å². The predicted molar refractivity (Wildman–Crippen MR) is 147 cm³/mol. The number of aromatic nitrogens is 1. The van der Waals surface area contributed by atoms with Gasteiger partial charge >= 0.3 is 0 Å². The molecule has 184 valence electrons. The number of anilines is 1. The average molecular weight is 555 g/mol. The van der Waals surface area contributed by atoms with E-state index in [2.05, 4.69) is 22.9 Å². The van der Waals surface area contributed by atoms with E-state index in [1.807, 2.05) is 78.5 Å². The van der Waals surface area contributed by atoms with Crippen molar-refractivity contribution in [3.05, 3.63) is 112 Å². The summed E-state index contributed by atoms with van der Waals surface area (Å²) in [5.41, 5.74) is 3.97. The summed E-state index contributed by atoms with van der Waals surface area (Å²) in [5.74, 6) is -1.65. The number of carbonyl (C=O) groups excluding carboxylic acids is 2. The Bertz CT molecular complexity index is 1740. The summed E-state index contributed by atoms with van der Waals surface area (Å²) in [6, 6.07) is 21.7. The molecule has 3 heterocycles. The van der Waals surface area contributed by atoms with Crippen molar-refractivity contribution in [2.45, 2.75) is 19.4 Å². The molecule has 0 bridgehead atoms. The van der Waals surface area contributed by atoms with Gasteiger partial charge < -0.3 is 14.1 Å². The number of hydrogen-bond acceptors (Lipinski definition) is 4. The number of aliphatic hydroxyl groups is 1. The van der Waals surface area contributed by atoms with Crippen molar-refractivity contribution in [2.24, 2.45) is 7.05 Å². The number of para-hydroxylation sites is 1. The molecular weight excluding hydrogens is 532 g/mol. The fourth-order valence-electron chi connectivity index (χ4n) is 5.14. The highest BCUT2D eigenvalue weighted by Gasteiger charge is 2.46. The Labute approximate surface area is 221 Å². The number of furan rings is 1. The van der Waals surface area contributed by atoms with Crippen LogP contribution in [0.15, 0.2) is 99.2 Å². The number of benzene rings is 3. The molecule has 6 rings (SSSR count). The van der Waals surface area contributed by atoms with Crippen molar-refractivity contribution in [3.63, 3.8) is 0 Å². The van der Waals surface area contributed by atoms with Gasteiger partial charge in [0.05, 0.1) is 11.6 Å². The van der Waals surface area contributed by atoms with Crippen molar-refractivity contribution in [1.29, 1.82) is 0 Å². The number of aliphatic hydroxyl groups excluding tert-OH is 1. The third-order valence-corrected chi connectivity index (χ3v) is 7.49. The molecule has 1 aliphatic rings. The quantitative estimate of drug-likeness (QED) is 0.236. The van der Waals surface area contributed by atoms with Gasteiger partial charge in [-0.15, -0.1) is 0 Å². The van der Waals surface area contributed by atoms with Gasteiger partial charge in [-0.2, -0.15) is 0 Å².